The molecule has 0 spiro atoms. The summed E-state index contributed by atoms with van der Waals surface area (Å²) in [5, 5.41) is 17.0. The molecule has 0 saturated heterocycles. The highest BCUT2D eigenvalue weighted by Gasteiger charge is 2.03. The number of aromatic nitrogens is 3. The van der Waals surface area contributed by atoms with Crippen molar-refractivity contribution in [3.05, 3.63) is 41.7 Å². The second-order valence-electron chi connectivity index (χ2n) is 5.93. The molecule has 0 atom stereocenters. The summed E-state index contributed by atoms with van der Waals surface area (Å²) < 4.78 is 1.76. The SMILES string of the molecule is CC(C)CCCCc1ccc(-n2cc(CCO)nn2)cc1. The molecule has 0 aliphatic heterocycles. The van der Waals surface area contributed by atoms with E-state index in [4.69, 9.17) is 5.11 Å². The standard InChI is InChI=1S/C17H25N3O/c1-14(2)5-3-4-6-15-7-9-17(10-8-15)20-13-16(11-12-21)18-19-20/h7-10,13-14,21H,3-6,11-12H2,1-2H3. The van der Waals surface area contributed by atoms with Gasteiger partial charge in [-0.25, -0.2) is 4.68 Å². The molecule has 0 radical (unpaired) electrons. The quantitative estimate of drug-likeness (QED) is 0.759. The highest BCUT2D eigenvalue weighted by atomic mass is 16.3. The number of hydrogen-bond acceptors (Lipinski definition) is 3. The zero-order valence-electron chi connectivity index (χ0n) is 13.0. The molecule has 1 N–H and O–H groups in total. The van der Waals surface area contributed by atoms with Gasteiger partial charge in [0.05, 0.1) is 17.6 Å². The summed E-state index contributed by atoms with van der Waals surface area (Å²) in [5.41, 5.74) is 3.20. The molecule has 0 saturated carbocycles. The third-order valence-corrected chi connectivity index (χ3v) is 3.61. The van der Waals surface area contributed by atoms with Gasteiger partial charge >= 0.3 is 0 Å². The van der Waals surface area contributed by atoms with E-state index in [1.165, 1.54) is 24.8 Å². The molecule has 1 aromatic carbocycles. The maximum Gasteiger partial charge on any atom is 0.0854 e. The first-order valence-electron chi connectivity index (χ1n) is 7.80. The third-order valence-electron chi connectivity index (χ3n) is 3.61. The van der Waals surface area contributed by atoms with E-state index in [1.807, 2.05) is 6.20 Å². The molecule has 21 heavy (non-hydrogen) atoms. The van der Waals surface area contributed by atoms with Crippen molar-refractivity contribution < 1.29 is 5.11 Å². The maximum atomic E-state index is 8.90. The van der Waals surface area contributed by atoms with Crippen LogP contribution in [-0.4, -0.2) is 26.7 Å². The van der Waals surface area contributed by atoms with Crippen molar-refractivity contribution in [3.8, 4) is 5.69 Å². The Bertz CT molecular complexity index is 531. The fraction of sp³-hybridized carbons (Fsp3) is 0.529. The molecule has 4 heteroatoms. The molecule has 0 aliphatic carbocycles. The van der Waals surface area contributed by atoms with E-state index in [-0.39, 0.29) is 6.61 Å². The summed E-state index contributed by atoms with van der Waals surface area (Å²) in [6.45, 7) is 4.66. The summed E-state index contributed by atoms with van der Waals surface area (Å²) in [4.78, 5) is 0. The highest BCUT2D eigenvalue weighted by Crippen LogP contribution is 2.13. The first-order chi connectivity index (χ1) is 10.2. The molecule has 1 aromatic heterocycles. The Labute approximate surface area is 126 Å². The fourth-order valence-corrected chi connectivity index (χ4v) is 2.35. The number of rotatable bonds is 8. The second kappa shape index (κ2) is 7.93. The molecule has 0 bridgehead atoms. The van der Waals surface area contributed by atoms with Crippen LogP contribution in [0, 0.1) is 5.92 Å². The smallest absolute Gasteiger partial charge is 0.0854 e. The van der Waals surface area contributed by atoms with E-state index in [9.17, 15) is 0 Å². The van der Waals surface area contributed by atoms with Gasteiger partial charge in [0.25, 0.3) is 0 Å². The summed E-state index contributed by atoms with van der Waals surface area (Å²) in [7, 11) is 0. The number of aliphatic hydroxyl groups excluding tert-OH is 1. The summed E-state index contributed by atoms with van der Waals surface area (Å²) >= 11 is 0. The molecular weight excluding hydrogens is 262 g/mol. The lowest BCUT2D eigenvalue weighted by atomic mass is 10.0. The third kappa shape index (κ3) is 4.97. The van der Waals surface area contributed by atoms with Crippen LogP contribution in [0.3, 0.4) is 0 Å². The van der Waals surface area contributed by atoms with E-state index < -0.39 is 0 Å². The van der Waals surface area contributed by atoms with Gasteiger partial charge in [0.1, 0.15) is 0 Å². The molecule has 4 nitrogen and oxygen atoms in total. The molecule has 0 amide bonds. The van der Waals surface area contributed by atoms with Crippen LogP contribution in [0.5, 0.6) is 0 Å². The van der Waals surface area contributed by atoms with Crippen molar-refractivity contribution in [3.63, 3.8) is 0 Å². The van der Waals surface area contributed by atoms with Gasteiger partial charge in [-0.2, -0.15) is 0 Å². The van der Waals surface area contributed by atoms with Crippen LogP contribution in [0.25, 0.3) is 5.69 Å². The minimum absolute atomic E-state index is 0.105. The van der Waals surface area contributed by atoms with E-state index in [2.05, 4.69) is 48.4 Å². The molecule has 0 fully saturated rings. The summed E-state index contributed by atoms with van der Waals surface area (Å²) in [6.07, 6.45) is 7.42. The van der Waals surface area contributed by atoms with E-state index in [1.54, 1.807) is 4.68 Å². The lowest BCUT2D eigenvalue weighted by Crippen LogP contribution is -1.96. The van der Waals surface area contributed by atoms with Crippen LogP contribution in [0.1, 0.15) is 44.4 Å². The largest absolute Gasteiger partial charge is 0.396 e. The second-order valence-corrected chi connectivity index (χ2v) is 5.93. The Kier molecular flexibility index (Phi) is 5.93. The maximum absolute atomic E-state index is 8.90. The average molecular weight is 287 g/mol. The Morgan fingerprint density at radius 3 is 2.52 bits per heavy atom. The molecule has 114 valence electrons. The zero-order chi connectivity index (χ0) is 15.1. The van der Waals surface area contributed by atoms with Gasteiger partial charge in [0.2, 0.25) is 0 Å². The Balaban J connectivity index is 1.88. The van der Waals surface area contributed by atoms with Gasteiger partial charge in [-0.05, 0) is 36.5 Å². The Morgan fingerprint density at radius 2 is 1.86 bits per heavy atom. The van der Waals surface area contributed by atoms with Crippen molar-refractivity contribution in [1.29, 1.82) is 0 Å². The lowest BCUT2D eigenvalue weighted by molar-refractivity contribution is 0.298. The lowest BCUT2D eigenvalue weighted by Gasteiger charge is -2.05. The van der Waals surface area contributed by atoms with Crippen LogP contribution in [0.2, 0.25) is 0 Å². The number of unbranched alkanes of at least 4 members (excludes halogenated alkanes) is 1. The number of hydrogen-bond donors (Lipinski definition) is 1. The van der Waals surface area contributed by atoms with Gasteiger partial charge in [-0.1, -0.05) is 44.0 Å². The van der Waals surface area contributed by atoms with Gasteiger partial charge in [-0.3, -0.25) is 0 Å². The predicted octanol–water partition coefficient (Wildman–Crippen LogP) is 3.17. The molecule has 1 heterocycles. The monoisotopic (exact) mass is 287 g/mol. The van der Waals surface area contributed by atoms with E-state index in [0.717, 1.165) is 23.7 Å². The zero-order valence-corrected chi connectivity index (χ0v) is 13.0. The molecule has 0 unspecified atom stereocenters. The topological polar surface area (TPSA) is 50.9 Å². The first-order valence-corrected chi connectivity index (χ1v) is 7.80. The average Bonchev–Trinajstić information content (AvgIpc) is 2.93. The van der Waals surface area contributed by atoms with Crippen molar-refractivity contribution in [2.45, 2.75) is 46.0 Å². The highest BCUT2D eigenvalue weighted by molar-refractivity contribution is 5.33. The fourth-order valence-electron chi connectivity index (χ4n) is 2.35. The van der Waals surface area contributed by atoms with Gasteiger partial charge in [0, 0.05) is 13.0 Å². The number of nitrogens with zero attached hydrogens (tertiary/aromatic N) is 3. The normalized spacial score (nSPS) is 11.2. The Morgan fingerprint density at radius 1 is 1.10 bits per heavy atom. The van der Waals surface area contributed by atoms with E-state index >= 15 is 0 Å². The van der Waals surface area contributed by atoms with Gasteiger partial charge in [0.15, 0.2) is 0 Å². The van der Waals surface area contributed by atoms with Crippen molar-refractivity contribution in [2.24, 2.45) is 5.92 Å². The molecule has 0 aliphatic rings. The molecule has 2 aromatic rings. The first kappa shape index (κ1) is 15.7. The van der Waals surface area contributed by atoms with Gasteiger partial charge < -0.3 is 5.11 Å². The number of aliphatic hydroxyl groups is 1. The van der Waals surface area contributed by atoms with E-state index in [0.29, 0.717) is 6.42 Å². The Hall–Kier alpha value is -1.68. The predicted molar refractivity (Wildman–Crippen MR) is 84.5 cm³/mol. The van der Waals surface area contributed by atoms with Gasteiger partial charge in [-0.15, -0.1) is 5.10 Å². The van der Waals surface area contributed by atoms with Crippen molar-refractivity contribution in [2.75, 3.05) is 6.61 Å². The molecule has 2 rings (SSSR count). The summed E-state index contributed by atoms with van der Waals surface area (Å²) in [5.74, 6) is 0.799. The summed E-state index contributed by atoms with van der Waals surface area (Å²) in [6, 6.07) is 8.49. The van der Waals surface area contributed by atoms with Crippen LogP contribution in [0.4, 0.5) is 0 Å². The minimum atomic E-state index is 0.105. The van der Waals surface area contributed by atoms with Crippen molar-refractivity contribution >= 4 is 0 Å². The van der Waals surface area contributed by atoms with Crippen molar-refractivity contribution in [1.82, 2.24) is 15.0 Å². The van der Waals surface area contributed by atoms with Crippen LogP contribution >= 0.6 is 0 Å². The minimum Gasteiger partial charge on any atom is -0.396 e. The van der Waals surface area contributed by atoms with Crippen LogP contribution in [0.15, 0.2) is 30.5 Å². The number of benzene rings is 1. The van der Waals surface area contributed by atoms with Crippen LogP contribution < -0.4 is 0 Å². The number of aryl methyl sites for hydroxylation is 1. The molecular formula is C17H25N3O. The van der Waals surface area contributed by atoms with Crippen LogP contribution in [-0.2, 0) is 12.8 Å².